The summed E-state index contributed by atoms with van der Waals surface area (Å²) >= 11 is 1.35. The molecule has 8 nitrogen and oxygen atoms in total. The largest absolute Gasteiger partial charge is 0.458 e. The molecule has 0 atom stereocenters. The Balaban J connectivity index is 1.44. The van der Waals surface area contributed by atoms with Gasteiger partial charge in [0.1, 0.15) is 13.2 Å². The summed E-state index contributed by atoms with van der Waals surface area (Å²) in [5.74, 6) is -1.81. The van der Waals surface area contributed by atoms with Gasteiger partial charge in [0.25, 0.3) is 17.4 Å². The normalized spacial score (nSPS) is 13.3. The van der Waals surface area contributed by atoms with Crippen LogP contribution in [0, 0.1) is 6.92 Å². The molecule has 136 valence electrons. The van der Waals surface area contributed by atoms with Crippen molar-refractivity contribution in [3.8, 4) is 0 Å². The highest BCUT2D eigenvalue weighted by Gasteiger charge is 2.36. The summed E-state index contributed by atoms with van der Waals surface area (Å²) < 4.78 is 6.53. The lowest BCUT2D eigenvalue weighted by Crippen LogP contribution is -2.35. The van der Waals surface area contributed by atoms with Crippen LogP contribution in [0.3, 0.4) is 0 Å². The summed E-state index contributed by atoms with van der Waals surface area (Å²) in [6, 6.07) is 7.67. The van der Waals surface area contributed by atoms with Crippen LogP contribution in [-0.4, -0.2) is 38.6 Å². The molecule has 0 aliphatic carbocycles. The van der Waals surface area contributed by atoms with Crippen LogP contribution in [0.1, 0.15) is 31.3 Å². The summed E-state index contributed by atoms with van der Waals surface area (Å²) in [6.45, 7) is 1.15. The minimum absolute atomic E-state index is 0.218. The number of aromatic nitrogens is 2. The Morgan fingerprint density at radius 3 is 2.48 bits per heavy atom. The van der Waals surface area contributed by atoms with E-state index in [2.05, 4.69) is 4.98 Å². The van der Waals surface area contributed by atoms with Crippen molar-refractivity contribution in [2.24, 2.45) is 0 Å². The van der Waals surface area contributed by atoms with Crippen LogP contribution in [-0.2, 0) is 16.1 Å². The fourth-order valence-corrected chi connectivity index (χ4v) is 3.69. The van der Waals surface area contributed by atoms with Crippen molar-refractivity contribution in [3.05, 3.63) is 68.6 Å². The zero-order chi connectivity index (χ0) is 19.1. The van der Waals surface area contributed by atoms with E-state index in [1.807, 2.05) is 6.92 Å². The van der Waals surface area contributed by atoms with Gasteiger partial charge in [-0.15, -0.1) is 11.3 Å². The van der Waals surface area contributed by atoms with E-state index in [0.717, 1.165) is 9.78 Å². The molecule has 0 spiro atoms. The summed E-state index contributed by atoms with van der Waals surface area (Å²) in [5.41, 5.74) is 0.570. The Labute approximate surface area is 156 Å². The Morgan fingerprint density at radius 1 is 1.15 bits per heavy atom. The molecule has 0 N–H and O–H groups in total. The molecule has 27 heavy (non-hydrogen) atoms. The lowest BCUT2D eigenvalue weighted by molar-refractivity contribution is -0.145. The van der Waals surface area contributed by atoms with E-state index in [-0.39, 0.29) is 23.3 Å². The second-order valence-electron chi connectivity index (χ2n) is 5.98. The van der Waals surface area contributed by atoms with Crippen LogP contribution in [0.15, 0.2) is 41.3 Å². The van der Waals surface area contributed by atoms with Gasteiger partial charge in [-0.1, -0.05) is 12.1 Å². The first-order chi connectivity index (χ1) is 12.9. The molecular formula is C18H13N3O5S. The number of imide groups is 1. The number of esters is 1. The van der Waals surface area contributed by atoms with Crippen molar-refractivity contribution in [2.75, 3.05) is 6.54 Å². The number of benzene rings is 1. The zero-order valence-corrected chi connectivity index (χ0v) is 15.0. The molecule has 2 aromatic heterocycles. The minimum atomic E-state index is -0.756. The lowest BCUT2D eigenvalue weighted by Gasteiger charge is -2.12. The van der Waals surface area contributed by atoms with Gasteiger partial charge in [0, 0.05) is 17.1 Å². The van der Waals surface area contributed by atoms with Crippen LogP contribution in [0.2, 0.25) is 0 Å². The van der Waals surface area contributed by atoms with Gasteiger partial charge in [0.05, 0.1) is 16.8 Å². The van der Waals surface area contributed by atoms with E-state index in [1.165, 1.54) is 33.9 Å². The molecule has 0 saturated heterocycles. The van der Waals surface area contributed by atoms with Crippen molar-refractivity contribution in [1.29, 1.82) is 0 Å². The summed E-state index contributed by atoms with van der Waals surface area (Å²) in [4.78, 5) is 55.2. The molecule has 0 saturated carbocycles. The minimum Gasteiger partial charge on any atom is -0.458 e. The number of thiazole rings is 1. The Hall–Kier alpha value is -3.33. The predicted molar refractivity (Wildman–Crippen MR) is 95.7 cm³/mol. The molecule has 2 amide bonds. The maximum Gasteiger partial charge on any atom is 0.326 e. The van der Waals surface area contributed by atoms with E-state index in [0.29, 0.717) is 10.7 Å². The van der Waals surface area contributed by atoms with Gasteiger partial charge < -0.3 is 4.74 Å². The molecule has 1 aliphatic heterocycles. The van der Waals surface area contributed by atoms with Crippen LogP contribution in [0.25, 0.3) is 4.96 Å². The van der Waals surface area contributed by atoms with Gasteiger partial charge in [-0.05, 0) is 19.1 Å². The van der Waals surface area contributed by atoms with Crippen molar-refractivity contribution in [3.63, 3.8) is 0 Å². The fraction of sp³-hybridized carbons (Fsp3) is 0.167. The number of ether oxygens (including phenoxy) is 1. The van der Waals surface area contributed by atoms with E-state index >= 15 is 0 Å². The third kappa shape index (κ3) is 3.02. The molecule has 0 fully saturated rings. The van der Waals surface area contributed by atoms with E-state index in [9.17, 15) is 19.2 Å². The van der Waals surface area contributed by atoms with Gasteiger partial charge in [-0.25, -0.2) is 4.98 Å². The Kier molecular flexibility index (Phi) is 4.08. The number of aryl methyl sites for hydroxylation is 1. The lowest BCUT2D eigenvalue weighted by atomic mass is 10.1. The second-order valence-corrected chi connectivity index (χ2v) is 7.20. The van der Waals surface area contributed by atoms with Crippen LogP contribution < -0.4 is 5.56 Å². The molecule has 3 aromatic rings. The first-order valence-electron chi connectivity index (χ1n) is 8.03. The SMILES string of the molecule is Cc1cn2c(=O)cc(COC(=O)CN3C(=O)c4ccccc4C3=O)nc2s1. The van der Waals surface area contributed by atoms with E-state index in [1.54, 1.807) is 18.3 Å². The molecule has 0 unspecified atom stereocenters. The maximum absolute atomic E-state index is 12.3. The van der Waals surface area contributed by atoms with Crippen LogP contribution in [0.4, 0.5) is 0 Å². The molecule has 3 heterocycles. The highest BCUT2D eigenvalue weighted by atomic mass is 32.1. The van der Waals surface area contributed by atoms with Crippen molar-refractivity contribution in [1.82, 2.24) is 14.3 Å². The first-order valence-corrected chi connectivity index (χ1v) is 8.85. The number of carbonyl (C=O) groups is 3. The predicted octanol–water partition coefficient (Wildman–Crippen LogP) is 1.40. The van der Waals surface area contributed by atoms with Crippen LogP contribution >= 0.6 is 11.3 Å². The number of hydrogen-bond donors (Lipinski definition) is 0. The molecule has 1 aromatic carbocycles. The van der Waals surface area contributed by atoms with Crippen molar-refractivity contribution >= 4 is 34.1 Å². The standard InChI is InChI=1S/C18H13N3O5S/c1-10-7-20-14(22)6-11(19-18(20)27-10)9-26-15(23)8-21-16(24)12-4-2-3-5-13(12)17(21)25/h2-7H,8-9H2,1H3. The highest BCUT2D eigenvalue weighted by Crippen LogP contribution is 2.22. The third-order valence-electron chi connectivity index (χ3n) is 4.08. The zero-order valence-electron chi connectivity index (χ0n) is 14.2. The van der Waals surface area contributed by atoms with Gasteiger partial charge >= 0.3 is 5.97 Å². The average Bonchev–Trinajstić information content (AvgIpc) is 3.14. The number of nitrogens with zero attached hydrogens (tertiary/aromatic N) is 3. The van der Waals surface area contributed by atoms with Crippen molar-refractivity contribution < 1.29 is 19.1 Å². The van der Waals surface area contributed by atoms with Gasteiger partial charge in [0.2, 0.25) is 0 Å². The van der Waals surface area contributed by atoms with Gasteiger partial charge in [-0.3, -0.25) is 28.5 Å². The molecule has 0 radical (unpaired) electrons. The molecular weight excluding hydrogens is 370 g/mol. The van der Waals surface area contributed by atoms with Crippen LogP contribution in [0.5, 0.6) is 0 Å². The van der Waals surface area contributed by atoms with E-state index in [4.69, 9.17) is 4.74 Å². The summed E-state index contributed by atoms with van der Waals surface area (Å²) in [7, 11) is 0. The highest BCUT2D eigenvalue weighted by molar-refractivity contribution is 7.16. The average molecular weight is 383 g/mol. The number of hydrogen-bond acceptors (Lipinski definition) is 7. The van der Waals surface area contributed by atoms with Gasteiger partial charge in [0.15, 0.2) is 4.96 Å². The van der Waals surface area contributed by atoms with Crippen molar-refractivity contribution in [2.45, 2.75) is 13.5 Å². The molecule has 1 aliphatic rings. The summed E-state index contributed by atoms with van der Waals surface area (Å²) in [6.07, 6.45) is 1.69. The number of fused-ring (bicyclic) bond motifs is 2. The Morgan fingerprint density at radius 2 is 1.81 bits per heavy atom. The third-order valence-corrected chi connectivity index (χ3v) is 4.98. The topological polar surface area (TPSA) is 98.0 Å². The molecule has 0 bridgehead atoms. The second kappa shape index (κ2) is 6.44. The monoisotopic (exact) mass is 383 g/mol. The molecule has 9 heteroatoms. The summed E-state index contributed by atoms with van der Waals surface area (Å²) in [5, 5.41) is 0. The smallest absolute Gasteiger partial charge is 0.326 e. The van der Waals surface area contributed by atoms with Gasteiger partial charge in [-0.2, -0.15) is 0 Å². The fourth-order valence-electron chi connectivity index (χ4n) is 2.84. The van der Waals surface area contributed by atoms with E-state index < -0.39 is 24.3 Å². The molecule has 4 rings (SSSR count). The maximum atomic E-state index is 12.3. The number of amides is 2. The number of carbonyl (C=O) groups excluding carboxylic acids is 3. The quantitative estimate of drug-likeness (QED) is 0.499. The first kappa shape index (κ1) is 17.1. The Bertz CT molecular complexity index is 1130. The number of rotatable bonds is 4.